The van der Waals surface area contributed by atoms with Crippen LogP contribution in [0, 0.1) is 11.7 Å². The quantitative estimate of drug-likeness (QED) is 0.848. The number of hydrogen-bond donors (Lipinski definition) is 2. The fraction of sp³-hybridized carbons (Fsp3) is 0.538. The van der Waals surface area contributed by atoms with Gasteiger partial charge in [-0.3, -0.25) is 0 Å². The molecule has 1 aromatic rings. The Morgan fingerprint density at radius 2 is 2.35 bits per heavy atom. The Morgan fingerprint density at radius 3 is 3.00 bits per heavy atom. The minimum Gasteiger partial charge on any atom is -0.502 e. The van der Waals surface area contributed by atoms with E-state index in [4.69, 9.17) is 4.74 Å². The van der Waals surface area contributed by atoms with Gasteiger partial charge in [-0.15, -0.1) is 0 Å². The highest BCUT2D eigenvalue weighted by molar-refractivity contribution is 5.46. The standard InChI is InChI=1S/C13H18FNO2/c1-17-13-10(4-5-11(14)12(13)16)7-9-3-2-6-15-8-9/h4-5,9,15-16H,2-3,6-8H2,1H3. The van der Waals surface area contributed by atoms with Gasteiger partial charge in [0, 0.05) is 0 Å². The number of hydrogen-bond acceptors (Lipinski definition) is 3. The number of phenolic OH excluding ortho intramolecular Hbond substituents is 1. The molecule has 1 aromatic carbocycles. The number of halogens is 1. The molecular weight excluding hydrogens is 221 g/mol. The molecule has 1 unspecified atom stereocenters. The van der Waals surface area contributed by atoms with Crippen molar-refractivity contribution in [1.82, 2.24) is 5.32 Å². The number of piperidine rings is 1. The SMILES string of the molecule is COc1c(CC2CCCNC2)ccc(F)c1O. The van der Waals surface area contributed by atoms with Crippen LogP contribution in [-0.2, 0) is 6.42 Å². The van der Waals surface area contributed by atoms with Crippen molar-refractivity contribution in [2.75, 3.05) is 20.2 Å². The van der Waals surface area contributed by atoms with Gasteiger partial charge in [-0.2, -0.15) is 0 Å². The number of ether oxygens (including phenoxy) is 1. The number of aromatic hydroxyl groups is 1. The van der Waals surface area contributed by atoms with Gasteiger partial charge in [0.2, 0.25) is 0 Å². The largest absolute Gasteiger partial charge is 0.502 e. The summed E-state index contributed by atoms with van der Waals surface area (Å²) in [5.41, 5.74) is 0.875. The summed E-state index contributed by atoms with van der Waals surface area (Å²) in [6.07, 6.45) is 3.14. The average Bonchev–Trinajstić information content (AvgIpc) is 2.36. The maximum absolute atomic E-state index is 13.2. The minimum absolute atomic E-state index is 0.274. The number of nitrogens with one attached hydrogen (secondary N) is 1. The predicted molar refractivity (Wildman–Crippen MR) is 63.9 cm³/mol. The molecule has 94 valence electrons. The molecule has 2 rings (SSSR count). The first kappa shape index (κ1) is 12.2. The van der Waals surface area contributed by atoms with Gasteiger partial charge in [-0.25, -0.2) is 4.39 Å². The van der Waals surface area contributed by atoms with E-state index in [2.05, 4.69) is 5.32 Å². The summed E-state index contributed by atoms with van der Waals surface area (Å²) in [4.78, 5) is 0. The van der Waals surface area contributed by atoms with Crippen LogP contribution in [0.3, 0.4) is 0 Å². The smallest absolute Gasteiger partial charge is 0.194 e. The lowest BCUT2D eigenvalue weighted by atomic mass is 9.92. The summed E-state index contributed by atoms with van der Waals surface area (Å²) >= 11 is 0. The molecule has 17 heavy (non-hydrogen) atoms. The molecule has 1 heterocycles. The van der Waals surface area contributed by atoms with E-state index in [1.165, 1.54) is 19.6 Å². The van der Waals surface area contributed by atoms with Gasteiger partial charge in [-0.1, -0.05) is 6.07 Å². The van der Waals surface area contributed by atoms with Gasteiger partial charge in [0.05, 0.1) is 7.11 Å². The summed E-state index contributed by atoms with van der Waals surface area (Å²) in [6.45, 7) is 2.05. The van der Waals surface area contributed by atoms with Gasteiger partial charge in [0.25, 0.3) is 0 Å². The molecule has 2 N–H and O–H groups in total. The highest BCUT2D eigenvalue weighted by atomic mass is 19.1. The Balaban J connectivity index is 2.17. The van der Waals surface area contributed by atoms with E-state index in [1.54, 1.807) is 6.07 Å². The maximum atomic E-state index is 13.2. The zero-order valence-electron chi connectivity index (χ0n) is 10.0. The molecule has 1 saturated heterocycles. The summed E-state index contributed by atoms with van der Waals surface area (Å²) in [5, 5.41) is 12.9. The van der Waals surface area contributed by atoms with E-state index < -0.39 is 5.82 Å². The third-order valence-corrected chi connectivity index (χ3v) is 3.28. The van der Waals surface area contributed by atoms with E-state index in [1.807, 2.05) is 0 Å². The number of benzene rings is 1. The van der Waals surface area contributed by atoms with Crippen LogP contribution < -0.4 is 10.1 Å². The second-order valence-electron chi connectivity index (χ2n) is 4.50. The van der Waals surface area contributed by atoms with Crippen molar-refractivity contribution in [3.05, 3.63) is 23.5 Å². The van der Waals surface area contributed by atoms with Crippen LogP contribution in [-0.4, -0.2) is 25.3 Å². The molecule has 0 aromatic heterocycles. The molecular formula is C13H18FNO2. The molecule has 1 fully saturated rings. The highest BCUT2D eigenvalue weighted by Gasteiger charge is 2.18. The van der Waals surface area contributed by atoms with Crippen LogP contribution in [0.5, 0.6) is 11.5 Å². The lowest BCUT2D eigenvalue weighted by Gasteiger charge is -2.23. The second kappa shape index (κ2) is 5.36. The average molecular weight is 239 g/mol. The zero-order chi connectivity index (χ0) is 12.3. The molecule has 0 bridgehead atoms. The molecule has 3 nitrogen and oxygen atoms in total. The van der Waals surface area contributed by atoms with Crippen molar-refractivity contribution >= 4 is 0 Å². The zero-order valence-corrected chi connectivity index (χ0v) is 10.0. The normalized spacial score (nSPS) is 20.2. The number of methoxy groups -OCH3 is 1. The van der Waals surface area contributed by atoms with E-state index >= 15 is 0 Å². The van der Waals surface area contributed by atoms with Gasteiger partial charge in [0.15, 0.2) is 17.3 Å². The van der Waals surface area contributed by atoms with Crippen LogP contribution in [0.4, 0.5) is 4.39 Å². The van der Waals surface area contributed by atoms with Crippen LogP contribution in [0.25, 0.3) is 0 Å². The summed E-state index contributed by atoms with van der Waals surface area (Å²) in [7, 11) is 1.46. The Morgan fingerprint density at radius 1 is 1.53 bits per heavy atom. The molecule has 0 spiro atoms. The first-order chi connectivity index (χ1) is 8.22. The lowest BCUT2D eigenvalue weighted by Crippen LogP contribution is -2.30. The van der Waals surface area contributed by atoms with Gasteiger partial charge in [-0.05, 0) is 49.9 Å². The Labute approximate surface area is 101 Å². The van der Waals surface area contributed by atoms with E-state index in [9.17, 15) is 9.50 Å². The monoisotopic (exact) mass is 239 g/mol. The maximum Gasteiger partial charge on any atom is 0.194 e. The Bertz CT molecular complexity index is 389. The van der Waals surface area contributed by atoms with Crippen molar-refractivity contribution in [3.63, 3.8) is 0 Å². The molecule has 0 aliphatic carbocycles. The first-order valence-electron chi connectivity index (χ1n) is 5.97. The number of phenols is 1. The van der Waals surface area contributed by atoms with Crippen molar-refractivity contribution < 1.29 is 14.2 Å². The van der Waals surface area contributed by atoms with Crippen molar-refractivity contribution in [3.8, 4) is 11.5 Å². The van der Waals surface area contributed by atoms with E-state index in [0.29, 0.717) is 5.92 Å². The fourth-order valence-corrected chi connectivity index (χ4v) is 2.39. The molecule has 0 saturated carbocycles. The molecule has 4 heteroatoms. The summed E-state index contributed by atoms with van der Waals surface area (Å²) in [5.74, 6) is -0.209. The van der Waals surface area contributed by atoms with Crippen LogP contribution in [0.2, 0.25) is 0 Å². The van der Waals surface area contributed by atoms with Crippen LogP contribution in [0.1, 0.15) is 18.4 Å². The third-order valence-electron chi connectivity index (χ3n) is 3.28. The van der Waals surface area contributed by atoms with Crippen molar-refractivity contribution in [2.45, 2.75) is 19.3 Å². The highest BCUT2D eigenvalue weighted by Crippen LogP contribution is 2.34. The van der Waals surface area contributed by atoms with E-state index in [0.717, 1.165) is 31.5 Å². The molecule has 1 aliphatic heterocycles. The van der Waals surface area contributed by atoms with Crippen molar-refractivity contribution in [2.24, 2.45) is 5.92 Å². The first-order valence-corrected chi connectivity index (χ1v) is 5.97. The Hall–Kier alpha value is -1.29. The fourth-order valence-electron chi connectivity index (χ4n) is 2.39. The number of rotatable bonds is 3. The lowest BCUT2D eigenvalue weighted by molar-refractivity contribution is 0.340. The molecule has 1 aliphatic rings. The molecule has 1 atom stereocenters. The molecule has 0 amide bonds. The van der Waals surface area contributed by atoms with Gasteiger partial charge < -0.3 is 15.2 Å². The van der Waals surface area contributed by atoms with Gasteiger partial charge in [0.1, 0.15) is 0 Å². The third kappa shape index (κ3) is 2.69. The predicted octanol–water partition coefficient (Wildman–Crippen LogP) is 2.08. The summed E-state index contributed by atoms with van der Waals surface area (Å²) in [6, 6.07) is 2.99. The van der Waals surface area contributed by atoms with Crippen LogP contribution in [0.15, 0.2) is 12.1 Å². The molecule has 0 radical (unpaired) electrons. The van der Waals surface area contributed by atoms with Gasteiger partial charge >= 0.3 is 0 Å². The summed E-state index contributed by atoms with van der Waals surface area (Å²) < 4.78 is 18.3. The second-order valence-corrected chi connectivity index (χ2v) is 4.50. The minimum atomic E-state index is -0.632. The van der Waals surface area contributed by atoms with Crippen molar-refractivity contribution in [1.29, 1.82) is 0 Å². The Kier molecular flexibility index (Phi) is 3.84. The van der Waals surface area contributed by atoms with E-state index in [-0.39, 0.29) is 11.5 Å². The van der Waals surface area contributed by atoms with Crippen LogP contribution >= 0.6 is 0 Å². The topological polar surface area (TPSA) is 41.5 Å².